The zero-order chi connectivity index (χ0) is 19.6. The summed E-state index contributed by atoms with van der Waals surface area (Å²) < 4.78 is 40.5. The van der Waals surface area contributed by atoms with E-state index in [4.69, 9.17) is 23.3 Å². The molecule has 0 aromatic rings. The quantitative estimate of drug-likeness (QED) is 0.281. The third-order valence-corrected chi connectivity index (χ3v) is 7.60. The van der Waals surface area contributed by atoms with Gasteiger partial charge in [0.1, 0.15) is 0 Å². The minimum absolute atomic E-state index is 0.0777. The fraction of sp³-hybridized carbons (Fsp3) is 0.944. The SMILES string of the molecule is CCOC(=O)C1CCC(C(CC(OC)OC)P(=O)(OCC)OCC)CC1. The van der Waals surface area contributed by atoms with E-state index in [0.29, 0.717) is 26.2 Å². The second kappa shape index (κ2) is 12.1. The highest BCUT2D eigenvalue weighted by atomic mass is 31.2. The summed E-state index contributed by atoms with van der Waals surface area (Å²) in [6, 6.07) is 0. The number of rotatable bonds is 12. The van der Waals surface area contributed by atoms with E-state index < -0.39 is 13.9 Å². The van der Waals surface area contributed by atoms with Crippen molar-refractivity contribution < 1.29 is 32.6 Å². The van der Waals surface area contributed by atoms with Crippen LogP contribution in [0.1, 0.15) is 52.9 Å². The summed E-state index contributed by atoms with van der Waals surface area (Å²) in [4.78, 5) is 12.0. The normalized spacial score (nSPS) is 22.4. The molecule has 0 spiro atoms. The van der Waals surface area contributed by atoms with Crippen LogP contribution in [0.25, 0.3) is 0 Å². The number of hydrogen-bond acceptors (Lipinski definition) is 7. The molecular weight excluding hydrogens is 359 g/mol. The number of hydrogen-bond donors (Lipinski definition) is 0. The standard InChI is InChI=1S/C18H35O7P/c1-6-23-18(19)15-11-9-14(10-12-15)16(13-17(21-4)22-5)26(20,24-7-2)25-8-3/h14-17H,6-13H2,1-5H3. The molecule has 0 amide bonds. The van der Waals surface area contributed by atoms with Gasteiger partial charge in [0, 0.05) is 20.6 Å². The molecule has 0 aromatic carbocycles. The molecule has 26 heavy (non-hydrogen) atoms. The van der Waals surface area contributed by atoms with E-state index in [1.807, 2.05) is 20.8 Å². The summed E-state index contributed by atoms with van der Waals surface area (Å²) >= 11 is 0. The van der Waals surface area contributed by atoms with E-state index in [2.05, 4.69) is 0 Å². The van der Waals surface area contributed by atoms with Crippen LogP contribution in [0.4, 0.5) is 0 Å². The highest BCUT2D eigenvalue weighted by Crippen LogP contribution is 2.59. The third-order valence-electron chi connectivity index (χ3n) is 4.92. The van der Waals surface area contributed by atoms with Crippen LogP contribution in [0.5, 0.6) is 0 Å². The van der Waals surface area contributed by atoms with Crippen LogP contribution < -0.4 is 0 Å². The Morgan fingerprint density at radius 3 is 1.92 bits per heavy atom. The fourth-order valence-electron chi connectivity index (χ4n) is 3.65. The van der Waals surface area contributed by atoms with Crippen LogP contribution in [0, 0.1) is 11.8 Å². The fourth-order valence-corrected chi connectivity index (χ4v) is 6.08. The number of methoxy groups -OCH3 is 2. The molecule has 1 atom stereocenters. The topological polar surface area (TPSA) is 80.3 Å². The van der Waals surface area contributed by atoms with Crippen molar-refractivity contribution >= 4 is 13.6 Å². The largest absolute Gasteiger partial charge is 0.466 e. The average Bonchev–Trinajstić information content (AvgIpc) is 2.63. The van der Waals surface area contributed by atoms with E-state index >= 15 is 0 Å². The Labute approximate surface area is 157 Å². The first-order valence-corrected chi connectivity index (χ1v) is 11.2. The molecule has 0 N–H and O–H groups in total. The number of carbonyl (C=O) groups is 1. The van der Waals surface area contributed by atoms with Gasteiger partial charge in [-0.3, -0.25) is 9.36 Å². The van der Waals surface area contributed by atoms with Crippen molar-refractivity contribution in [2.45, 2.75) is 64.8 Å². The van der Waals surface area contributed by atoms with Gasteiger partial charge in [0.05, 0.1) is 31.4 Å². The van der Waals surface area contributed by atoms with E-state index in [1.54, 1.807) is 14.2 Å². The van der Waals surface area contributed by atoms with Crippen molar-refractivity contribution in [1.29, 1.82) is 0 Å². The Balaban J connectivity index is 2.91. The van der Waals surface area contributed by atoms with Crippen molar-refractivity contribution in [1.82, 2.24) is 0 Å². The van der Waals surface area contributed by atoms with Gasteiger partial charge in [-0.15, -0.1) is 0 Å². The zero-order valence-electron chi connectivity index (χ0n) is 16.8. The predicted octanol–water partition coefficient (Wildman–Crippen LogP) is 4.00. The van der Waals surface area contributed by atoms with E-state index in [-0.39, 0.29) is 23.5 Å². The number of carbonyl (C=O) groups excluding carboxylic acids is 1. The summed E-state index contributed by atoms with van der Waals surface area (Å²) in [5, 5.41) is 0. The molecule has 7 nitrogen and oxygen atoms in total. The summed E-state index contributed by atoms with van der Waals surface area (Å²) in [7, 11) is -0.181. The van der Waals surface area contributed by atoms with Gasteiger partial charge in [0.15, 0.2) is 6.29 Å². The lowest BCUT2D eigenvalue weighted by Crippen LogP contribution is -2.33. The number of esters is 1. The maximum absolute atomic E-state index is 13.5. The molecule has 1 aliphatic carbocycles. The summed E-state index contributed by atoms with van der Waals surface area (Å²) in [6.07, 6.45) is 2.96. The molecule has 0 heterocycles. The maximum Gasteiger partial charge on any atom is 0.334 e. The highest BCUT2D eigenvalue weighted by molar-refractivity contribution is 7.54. The summed E-state index contributed by atoms with van der Waals surface area (Å²) in [5.41, 5.74) is -0.324. The third kappa shape index (κ3) is 6.61. The van der Waals surface area contributed by atoms with E-state index in [9.17, 15) is 9.36 Å². The first-order valence-electron chi connectivity index (χ1n) is 9.56. The molecule has 1 saturated carbocycles. The predicted molar refractivity (Wildman–Crippen MR) is 99.2 cm³/mol. The first-order chi connectivity index (χ1) is 12.4. The van der Waals surface area contributed by atoms with Gasteiger partial charge in [0.2, 0.25) is 0 Å². The Bertz CT molecular complexity index is 435. The minimum atomic E-state index is -3.31. The molecule has 1 aliphatic rings. The van der Waals surface area contributed by atoms with Crippen molar-refractivity contribution in [3.8, 4) is 0 Å². The molecule has 1 unspecified atom stereocenters. The van der Waals surface area contributed by atoms with Gasteiger partial charge >= 0.3 is 13.6 Å². The van der Waals surface area contributed by atoms with E-state index in [0.717, 1.165) is 25.7 Å². The smallest absolute Gasteiger partial charge is 0.334 e. The van der Waals surface area contributed by atoms with Gasteiger partial charge in [-0.1, -0.05) is 0 Å². The molecular formula is C18H35O7P. The Hall–Kier alpha value is -0.460. The van der Waals surface area contributed by atoms with Crippen molar-refractivity contribution in [3.63, 3.8) is 0 Å². The van der Waals surface area contributed by atoms with Crippen LogP contribution in [0.2, 0.25) is 0 Å². The van der Waals surface area contributed by atoms with Crippen LogP contribution in [-0.2, 0) is 32.6 Å². The molecule has 0 radical (unpaired) electrons. The molecule has 1 fully saturated rings. The molecule has 8 heteroatoms. The first kappa shape index (κ1) is 23.6. The Morgan fingerprint density at radius 1 is 0.962 bits per heavy atom. The lowest BCUT2D eigenvalue weighted by atomic mass is 9.79. The zero-order valence-corrected chi connectivity index (χ0v) is 17.7. The van der Waals surface area contributed by atoms with Gasteiger partial charge in [-0.25, -0.2) is 0 Å². The monoisotopic (exact) mass is 394 g/mol. The molecule has 0 aliphatic heterocycles. The van der Waals surface area contributed by atoms with Crippen molar-refractivity contribution in [2.24, 2.45) is 11.8 Å². The minimum Gasteiger partial charge on any atom is -0.466 e. The van der Waals surface area contributed by atoms with Crippen molar-refractivity contribution in [3.05, 3.63) is 0 Å². The Kier molecular flexibility index (Phi) is 11.0. The van der Waals surface area contributed by atoms with Gasteiger partial charge in [-0.05, 0) is 52.4 Å². The highest BCUT2D eigenvalue weighted by Gasteiger charge is 2.44. The van der Waals surface area contributed by atoms with Gasteiger partial charge < -0.3 is 23.3 Å². The molecule has 154 valence electrons. The van der Waals surface area contributed by atoms with Gasteiger partial charge in [0.25, 0.3) is 0 Å². The van der Waals surface area contributed by atoms with E-state index in [1.165, 1.54) is 0 Å². The van der Waals surface area contributed by atoms with Crippen LogP contribution in [0.3, 0.4) is 0 Å². The van der Waals surface area contributed by atoms with Crippen LogP contribution >= 0.6 is 7.60 Å². The van der Waals surface area contributed by atoms with Crippen LogP contribution in [0.15, 0.2) is 0 Å². The Morgan fingerprint density at radius 2 is 1.50 bits per heavy atom. The number of ether oxygens (including phenoxy) is 3. The lowest BCUT2D eigenvalue weighted by molar-refractivity contribution is -0.149. The lowest BCUT2D eigenvalue weighted by Gasteiger charge is -2.37. The maximum atomic E-state index is 13.5. The summed E-state index contributed by atoms with van der Waals surface area (Å²) in [6.45, 7) is 6.46. The second-order valence-corrected chi connectivity index (χ2v) is 8.70. The molecule has 0 saturated heterocycles. The molecule has 0 aromatic heterocycles. The average molecular weight is 394 g/mol. The van der Waals surface area contributed by atoms with Crippen LogP contribution in [-0.4, -0.2) is 52.0 Å². The molecule has 1 rings (SSSR count). The second-order valence-electron chi connectivity index (χ2n) is 6.44. The van der Waals surface area contributed by atoms with Crippen molar-refractivity contribution in [2.75, 3.05) is 34.0 Å². The van der Waals surface area contributed by atoms with Gasteiger partial charge in [-0.2, -0.15) is 0 Å². The summed E-state index contributed by atoms with van der Waals surface area (Å²) in [5.74, 6) is -0.0876. The molecule has 0 bridgehead atoms.